The number of rotatable bonds is 3. The van der Waals surface area contributed by atoms with E-state index in [0.29, 0.717) is 30.9 Å². The lowest BCUT2D eigenvalue weighted by molar-refractivity contribution is -0.151. The van der Waals surface area contributed by atoms with Gasteiger partial charge >= 0.3 is 5.97 Å². The highest BCUT2D eigenvalue weighted by Crippen LogP contribution is 2.43. The predicted molar refractivity (Wildman–Crippen MR) is 119 cm³/mol. The van der Waals surface area contributed by atoms with Gasteiger partial charge in [0.25, 0.3) is 5.91 Å². The van der Waals surface area contributed by atoms with E-state index in [9.17, 15) is 9.59 Å². The Kier molecular flexibility index (Phi) is 5.64. The van der Waals surface area contributed by atoms with Crippen LogP contribution >= 0.6 is 0 Å². The van der Waals surface area contributed by atoms with Gasteiger partial charge in [0.1, 0.15) is 6.10 Å². The van der Waals surface area contributed by atoms with Crippen molar-refractivity contribution in [2.24, 2.45) is 0 Å². The van der Waals surface area contributed by atoms with Crippen molar-refractivity contribution in [3.8, 4) is 11.5 Å². The van der Waals surface area contributed by atoms with Crippen LogP contribution in [0.1, 0.15) is 39.2 Å². The zero-order chi connectivity index (χ0) is 22.4. The van der Waals surface area contributed by atoms with Crippen molar-refractivity contribution in [2.45, 2.75) is 70.3 Å². The van der Waals surface area contributed by atoms with Crippen molar-refractivity contribution in [1.82, 2.24) is 0 Å². The van der Waals surface area contributed by atoms with Gasteiger partial charge in [0, 0.05) is 18.9 Å². The summed E-state index contributed by atoms with van der Waals surface area (Å²) in [4.78, 5) is 27.5. The zero-order valence-electron chi connectivity index (χ0n) is 18.9. The highest BCUT2D eigenvalue weighted by atomic mass is 28.4. The van der Waals surface area contributed by atoms with Crippen LogP contribution in [0.5, 0.6) is 11.5 Å². The van der Waals surface area contributed by atoms with Gasteiger partial charge in [-0.3, -0.25) is 14.5 Å². The summed E-state index contributed by atoms with van der Waals surface area (Å²) in [6.07, 6.45) is 4.03. The molecule has 1 aromatic rings. The van der Waals surface area contributed by atoms with E-state index < -0.39 is 20.5 Å². The van der Waals surface area contributed by atoms with Crippen LogP contribution in [0.25, 0.3) is 0 Å². The molecule has 3 aliphatic heterocycles. The molecule has 0 radical (unpaired) electrons. The summed E-state index contributed by atoms with van der Waals surface area (Å²) in [7, 11) is -2.08. The third-order valence-electron chi connectivity index (χ3n) is 6.73. The SMILES string of the molecule is CC(C)(C)[Si](C)(C)OC[C@@H]1[C@@H]2Cc3cc4c(cc3N1C(=O)C=CCCC(=O)O2)OCO4. The first-order chi connectivity index (χ1) is 14.6. The number of hydrogen-bond donors (Lipinski definition) is 0. The van der Waals surface area contributed by atoms with Crippen LogP contribution in [0.3, 0.4) is 0 Å². The Labute approximate surface area is 184 Å². The zero-order valence-corrected chi connectivity index (χ0v) is 19.9. The van der Waals surface area contributed by atoms with Crippen LogP contribution in [0, 0.1) is 0 Å². The molecule has 2 atom stereocenters. The van der Waals surface area contributed by atoms with E-state index >= 15 is 0 Å². The molecule has 0 aliphatic carbocycles. The molecule has 0 saturated carbocycles. The summed E-state index contributed by atoms with van der Waals surface area (Å²) >= 11 is 0. The number of esters is 1. The number of anilines is 1. The van der Waals surface area contributed by atoms with Crippen molar-refractivity contribution >= 4 is 25.9 Å². The largest absolute Gasteiger partial charge is 0.460 e. The Morgan fingerprint density at radius 3 is 2.58 bits per heavy atom. The molecule has 3 aliphatic rings. The van der Waals surface area contributed by atoms with Gasteiger partial charge in [-0.2, -0.15) is 0 Å². The molecule has 1 aromatic carbocycles. The maximum absolute atomic E-state index is 13.3. The lowest BCUT2D eigenvalue weighted by atomic mass is 9.92. The van der Waals surface area contributed by atoms with Crippen molar-refractivity contribution in [1.29, 1.82) is 0 Å². The van der Waals surface area contributed by atoms with Crippen molar-refractivity contribution in [3.05, 3.63) is 29.8 Å². The van der Waals surface area contributed by atoms with Crippen LogP contribution in [-0.2, 0) is 25.2 Å². The second kappa shape index (κ2) is 7.98. The van der Waals surface area contributed by atoms with Crippen molar-refractivity contribution < 1.29 is 28.2 Å². The van der Waals surface area contributed by atoms with Gasteiger partial charge in [0.15, 0.2) is 19.8 Å². The molecule has 4 rings (SSSR count). The number of nitrogens with zero attached hydrogens (tertiary/aromatic N) is 1. The Morgan fingerprint density at radius 1 is 1.16 bits per heavy atom. The first-order valence-electron chi connectivity index (χ1n) is 10.8. The van der Waals surface area contributed by atoms with E-state index in [0.717, 1.165) is 11.3 Å². The van der Waals surface area contributed by atoms with Crippen LogP contribution in [0.2, 0.25) is 18.1 Å². The lowest BCUT2D eigenvalue weighted by Crippen LogP contribution is -2.56. The maximum Gasteiger partial charge on any atom is 0.306 e. The van der Waals surface area contributed by atoms with Gasteiger partial charge in [-0.1, -0.05) is 26.8 Å². The van der Waals surface area contributed by atoms with E-state index in [4.69, 9.17) is 18.6 Å². The van der Waals surface area contributed by atoms with Gasteiger partial charge in [-0.25, -0.2) is 0 Å². The molecule has 1 amide bonds. The number of amides is 1. The fourth-order valence-corrected chi connectivity index (χ4v) is 4.87. The first-order valence-corrected chi connectivity index (χ1v) is 13.7. The van der Waals surface area contributed by atoms with Crippen molar-refractivity contribution in [2.75, 3.05) is 18.3 Å². The van der Waals surface area contributed by atoms with Gasteiger partial charge < -0.3 is 18.6 Å². The van der Waals surface area contributed by atoms with Gasteiger partial charge in [0.05, 0.1) is 18.3 Å². The van der Waals surface area contributed by atoms with Crippen molar-refractivity contribution in [3.63, 3.8) is 0 Å². The summed E-state index contributed by atoms with van der Waals surface area (Å²) in [6, 6.07) is 3.33. The number of hydrogen-bond acceptors (Lipinski definition) is 6. The standard InChI is InChI=1S/C23H31NO6Si/c1-23(2,3)31(4,5)29-13-17-18-10-15-11-19-20(28-14-27-19)12-16(15)24(17)21(25)8-6-7-9-22(26)30-18/h6,8,11-12,17-18H,7,9-10,13-14H2,1-5H3/t17-,18+/m1/s1. The summed E-state index contributed by atoms with van der Waals surface area (Å²) in [5.41, 5.74) is 1.66. The number of carbonyl (C=O) groups is 2. The molecule has 0 saturated heterocycles. The lowest BCUT2D eigenvalue weighted by Gasteiger charge is -2.44. The monoisotopic (exact) mass is 445 g/mol. The summed E-state index contributed by atoms with van der Waals surface area (Å²) in [5.74, 6) is 0.860. The van der Waals surface area contributed by atoms with Gasteiger partial charge in [-0.15, -0.1) is 0 Å². The quantitative estimate of drug-likeness (QED) is 0.518. The molecule has 0 aromatic heterocycles. The highest BCUT2D eigenvalue weighted by Gasteiger charge is 2.44. The van der Waals surface area contributed by atoms with Gasteiger partial charge in [0.2, 0.25) is 6.79 Å². The smallest absolute Gasteiger partial charge is 0.306 e. The third kappa shape index (κ3) is 4.23. The fraction of sp³-hybridized carbons (Fsp3) is 0.565. The predicted octanol–water partition coefficient (Wildman–Crippen LogP) is 3.96. The normalized spacial score (nSPS) is 23.5. The Bertz CT molecular complexity index is 919. The summed E-state index contributed by atoms with van der Waals surface area (Å²) in [5, 5.41) is 0.0257. The second-order valence-corrected chi connectivity index (χ2v) is 14.7. The highest BCUT2D eigenvalue weighted by molar-refractivity contribution is 6.74. The Hall–Kier alpha value is -2.32. The number of benzene rings is 1. The topological polar surface area (TPSA) is 74.3 Å². The molecule has 3 heterocycles. The summed E-state index contributed by atoms with van der Waals surface area (Å²) < 4.78 is 23.5. The molecule has 2 bridgehead atoms. The molecule has 0 N–H and O–H groups in total. The van der Waals surface area contributed by atoms with E-state index in [1.165, 1.54) is 0 Å². The molecule has 0 unspecified atom stereocenters. The van der Waals surface area contributed by atoms with Crippen LogP contribution in [0.15, 0.2) is 24.3 Å². The second-order valence-electron chi connectivity index (χ2n) is 9.85. The molecule has 7 nitrogen and oxygen atoms in total. The van der Waals surface area contributed by atoms with Gasteiger partial charge in [-0.05, 0) is 42.3 Å². The Balaban J connectivity index is 1.75. The molecule has 8 heteroatoms. The van der Waals surface area contributed by atoms with Crippen LogP contribution < -0.4 is 14.4 Å². The minimum absolute atomic E-state index is 0.0257. The number of carbonyl (C=O) groups excluding carboxylic acids is 2. The molecule has 0 spiro atoms. The number of ether oxygens (including phenoxy) is 3. The third-order valence-corrected chi connectivity index (χ3v) is 11.2. The number of fused-ring (bicyclic) bond motifs is 5. The van der Waals surface area contributed by atoms with Crippen LogP contribution in [0.4, 0.5) is 5.69 Å². The fourth-order valence-electron chi connectivity index (χ4n) is 3.85. The molecule has 168 valence electrons. The number of allylic oxidation sites excluding steroid dienone is 1. The first kappa shape index (κ1) is 21.9. The van der Waals surface area contributed by atoms with E-state index in [2.05, 4.69) is 33.9 Å². The van der Waals surface area contributed by atoms with E-state index in [1.54, 1.807) is 17.1 Å². The Morgan fingerprint density at radius 2 is 1.87 bits per heavy atom. The van der Waals surface area contributed by atoms with E-state index in [-0.39, 0.29) is 30.1 Å². The molecular formula is C23H31NO6Si. The maximum atomic E-state index is 13.3. The van der Waals surface area contributed by atoms with Crippen LogP contribution in [-0.4, -0.2) is 45.7 Å². The molecule has 0 fully saturated rings. The molecule has 31 heavy (non-hydrogen) atoms. The molecular weight excluding hydrogens is 414 g/mol. The average Bonchev–Trinajstić information content (AvgIpc) is 3.13. The minimum Gasteiger partial charge on any atom is -0.460 e. The average molecular weight is 446 g/mol. The minimum atomic E-state index is -2.08. The van der Waals surface area contributed by atoms with E-state index in [1.807, 2.05) is 12.1 Å². The summed E-state index contributed by atoms with van der Waals surface area (Å²) in [6.45, 7) is 11.4.